The van der Waals surface area contributed by atoms with Gasteiger partial charge in [0, 0.05) is 13.1 Å². The fraction of sp³-hybridized carbons (Fsp3) is 0.316. The Bertz CT molecular complexity index is 694. The first-order chi connectivity index (χ1) is 10.7. The zero-order valence-electron chi connectivity index (χ0n) is 13.1. The van der Waals surface area contributed by atoms with Crippen LogP contribution in [0.3, 0.4) is 0 Å². The van der Waals surface area contributed by atoms with Crippen LogP contribution in [-0.4, -0.2) is 24.5 Å². The van der Waals surface area contributed by atoms with Gasteiger partial charge in [0.2, 0.25) is 5.91 Å². The van der Waals surface area contributed by atoms with Gasteiger partial charge in [0.05, 0.1) is 13.5 Å². The lowest BCUT2D eigenvalue weighted by Gasteiger charge is -2.29. The number of benzene rings is 2. The van der Waals surface area contributed by atoms with E-state index in [-0.39, 0.29) is 5.91 Å². The molecule has 2 aromatic carbocycles. The second-order valence-corrected chi connectivity index (χ2v) is 5.80. The summed E-state index contributed by atoms with van der Waals surface area (Å²) in [6, 6.07) is 14.2. The molecule has 1 aliphatic rings. The van der Waals surface area contributed by atoms with Crippen molar-refractivity contribution in [1.29, 1.82) is 0 Å². The molecule has 0 saturated carbocycles. The molecule has 0 spiro atoms. The number of ether oxygens (including phenoxy) is 1. The molecule has 3 nitrogen and oxygen atoms in total. The van der Waals surface area contributed by atoms with Crippen LogP contribution in [0, 0.1) is 6.92 Å². The van der Waals surface area contributed by atoms with Gasteiger partial charge in [-0.3, -0.25) is 4.79 Å². The van der Waals surface area contributed by atoms with Gasteiger partial charge in [0.15, 0.2) is 0 Å². The van der Waals surface area contributed by atoms with Crippen molar-refractivity contribution in [2.75, 3.05) is 13.7 Å². The van der Waals surface area contributed by atoms with Crippen LogP contribution in [0.15, 0.2) is 42.5 Å². The van der Waals surface area contributed by atoms with E-state index in [9.17, 15) is 4.79 Å². The lowest BCUT2D eigenvalue weighted by Crippen LogP contribution is -2.37. The average Bonchev–Trinajstić information content (AvgIpc) is 2.56. The van der Waals surface area contributed by atoms with E-state index in [1.165, 1.54) is 16.7 Å². The number of amides is 1. The predicted molar refractivity (Wildman–Crippen MR) is 87.0 cm³/mol. The van der Waals surface area contributed by atoms with Crippen molar-refractivity contribution in [1.82, 2.24) is 4.90 Å². The van der Waals surface area contributed by atoms with Crippen molar-refractivity contribution in [3.8, 4) is 5.75 Å². The standard InChI is InChI=1S/C19H21NO2/c1-14-5-3-4-6-15(14)12-19(21)20-10-9-16-11-18(22-2)8-7-17(16)13-20/h3-8,11H,9-10,12-13H2,1-2H3. The van der Waals surface area contributed by atoms with Gasteiger partial charge in [-0.05, 0) is 47.7 Å². The Balaban J connectivity index is 1.71. The van der Waals surface area contributed by atoms with Gasteiger partial charge in [0.1, 0.15) is 5.75 Å². The minimum Gasteiger partial charge on any atom is -0.497 e. The molecule has 1 heterocycles. The monoisotopic (exact) mass is 295 g/mol. The average molecular weight is 295 g/mol. The van der Waals surface area contributed by atoms with Crippen molar-refractivity contribution < 1.29 is 9.53 Å². The van der Waals surface area contributed by atoms with Crippen molar-refractivity contribution >= 4 is 5.91 Å². The summed E-state index contributed by atoms with van der Waals surface area (Å²) in [4.78, 5) is 14.5. The summed E-state index contributed by atoms with van der Waals surface area (Å²) >= 11 is 0. The summed E-state index contributed by atoms with van der Waals surface area (Å²) in [5.41, 5.74) is 4.82. The maximum absolute atomic E-state index is 12.6. The number of hydrogen-bond donors (Lipinski definition) is 0. The van der Waals surface area contributed by atoms with E-state index in [1.54, 1.807) is 7.11 Å². The maximum atomic E-state index is 12.6. The molecule has 0 saturated heterocycles. The van der Waals surface area contributed by atoms with Crippen LogP contribution in [0.5, 0.6) is 5.75 Å². The van der Waals surface area contributed by atoms with Crippen molar-refractivity contribution in [2.45, 2.75) is 26.3 Å². The number of carbonyl (C=O) groups excluding carboxylic acids is 1. The SMILES string of the molecule is COc1ccc2c(c1)CCN(C(=O)Cc1ccccc1C)C2. The van der Waals surface area contributed by atoms with Gasteiger partial charge >= 0.3 is 0 Å². The third-order valence-corrected chi connectivity index (χ3v) is 4.38. The highest BCUT2D eigenvalue weighted by molar-refractivity contribution is 5.79. The number of hydrogen-bond acceptors (Lipinski definition) is 2. The summed E-state index contributed by atoms with van der Waals surface area (Å²) < 4.78 is 5.27. The molecule has 114 valence electrons. The molecule has 0 bridgehead atoms. The number of carbonyl (C=O) groups is 1. The van der Waals surface area contributed by atoms with Crippen LogP contribution in [0.4, 0.5) is 0 Å². The molecule has 2 aromatic rings. The first-order valence-electron chi connectivity index (χ1n) is 7.65. The Hall–Kier alpha value is -2.29. The molecule has 3 rings (SSSR count). The Morgan fingerprint density at radius 1 is 1.18 bits per heavy atom. The molecule has 22 heavy (non-hydrogen) atoms. The van der Waals surface area contributed by atoms with Crippen LogP contribution in [0.25, 0.3) is 0 Å². The quantitative estimate of drug-likeness (QED) is 0.870. The van der Waals surface area contributed by atoms with Gasteiger partial charge in [-0.2, -0.15) is 0 Å². The largest absolute Gasteiger partial charge is 0.497 e. The Morgan fingerprint density at radius 2 is 2.00 bits per heavy atom. The zero-order valence-corrected chi connectivity index (χ0v) is 13.1. The van der Waals surface area contributed by atoms with E-state index in [1.807, 2.05) is 29.2 Å². The molecule has 1 aliphatic heterocycles. The number of rotatable bonds is 3. The minimum absolute atomic E-state index is 0.204. The molecule has 0 aliphatic carbocycles. The molecule has 0 N–H and O–H groups in total. The van der Waals surface area contributed by atoms with Crippen LogP contribution in [0.1, 0.15) is 22.3 Å². The van der Waals surface area contributed by atoms with E-state index in [4.69, 9.17) is 4.74 Å². The Morgan fingerprint density at radius 3 is 2.77 bits per heavy atom. The topological polar surface area (TPSA) is 29.5 Å². The molecule has 1 amide bonds. The van der Waals surface area contributed by atoms with Gasteiger partial charge in [-0.25, -0.2) is 0 Å². The molecule has 0 atom stereocenters. The van der Waals surface area contributed by atoms with Crippen molar-refractivity contribution in [3.05, 3.63) is 64.7 Å². The van der Waals surface area contributed by atoms with Gasteiger partial charge in [0.25, 0.3) is 0 Å². The smallest absolute Gasteiger partial charge is 0.227 e. The summed E-state index contributed by atoms with van der Waals surface area (Å²) in [7, 11) is 1.68. The minimum atomic E-state index is 0.204. The van der Waals surface area contributed by atoms with E-state index in [0.717, 1.165) is 24.3 Å². The summed E-state index contributed by atoms with van der Waals surface area (Å²) in [5, 5.41) is 0. The summed E-state index contributed by atoms with van der Waals surface area (Å²) in [6.07, 6.45) is 1.38. The molecule has 0 fully saturated rings. The van der Waals surface area contributed by atoms with E-state index >= 15 is 0 Å². The van der Waals surface area contributed by atoms with E-state index in [2.05, 4.69) is 25.1 Å². The third-order valence-electron chi connectivity index (χ3n) is 4.38. The zero-order chi connectivity index (χ0) is 15.5. The first-order valence-corrected chi connectivity index (χ1v) is 7.65. The summed E-state index contributed by atoms with van der Waals surface area (Å²) in [6.45, 7) is 3.54. The molecule has 0 aromatic heterocycles. The highest BCUT2D eigenvalue weighted by Gasteiger charge is 2.21. The molecular weight excluding hydrogens is 274 g/mol. The van der Waals surface area contributed by atoms with Crippen molar-refractivity contribution in [2.24, 2.45) is 0 Å². The molecule has 0 radical (unpaired) electrons. The maximum Gasteiger partial charge on any atom is 0.227 e. The van der Waals surface area contributed by atoms with Gasteiger partial charge in [-0.15, -0.1) is 0 Å². The van der Waals surface area contributed by atoms with Crippen molar-refractivity contribution in [3.63, 3.8) is 0 Å². The predicted octanol–water partition coefficient (Wildman–Crippen LogP) is 3.13. The second-order valence-electron chi connectivity index (χ2n) is 5.80. The fourth-order valence-corrected chi connectivity index (χ4v) is 2.95. The number of methoxy groups -OCH3 is 1. The molecule has 0 unspecified atom stereocenters. The van der Waals surface area contributed by atoms with Crippen LogP contribution in [0.2, 0.25) is 0 Å². The lowest BCUT2D eigenvalue weighted by atomic mass is 9.98. The third kappa shape index (κ3) is 2.98. The number of fused-ring (bicyclic) bond motifs is 1. The normalized spacial score (nSPS) is 13.6. The fourth-order valence-electron chi connectivity index (χ4n) is 2.95. The van der Waals surface area contributed by atoms with Gasteiger partial charge in [-0.1, -0.05) is 30.3 Å². The Labute approximate surface area is 131 Å². The first kappa shape index (κ1) is 14.6. The lowest BCUT2D eigenvalue weighted by molar-refractivity contribution is -0.131. The van der Waals surface area contributed by atoms with Crippen LogP contribution >= 0.6 is 0 Å². The molecular formula is C19H21NO2. The Kier molecular flexibility index (Phi) is 4.14. The van der Waals surface area contributed by atoms with E-state index < -0.39 is 0 Å². The highest BCUT2D eigenvalue weighted by atomic mass is 16.5. The summed E-state index contributed by atoms with van der Waals surface area (Å²) in [5.74, 6) is 1.09. The number of aryl methyl sites for hydroxylation is 1. The van der Waals surface area contributed by atoms with Gasteiger partial charge < -0.3 is 9.64 Å². The number of nitrogens with zero attached hydrogens (tertiary/aromatic N) is 1. The second kappa shape index (κ2) is 6.22. The van der Waals surface area contributed by atoms with Crippen LogP contribution in [-0.2, 0) is 24.2 Å². The molecule has 3 heteroatoms. The highest BCUT2D eigenvalue weighted by Crippen LogP contribution is 2.24. The van der Waals surface area contributed by atoms with Crippen LogP contribution < -0.4 is 4.74 Å². The van der Waals surface area contributed by atoms with E-state index in [0.29, 0.717) is 13.0 Å².